The second kappa shape index (κ2) is 11.6. The zero-order valence-corrected chi connectivity index (χ0v) is 21.1. The number of sulfonamides is 1. The summed E-state index contributed by atoms with van der Waals surface area (Å²) in [6.07, 6.45) is 0.947. The van der Waals surface area contributed by atoms with E-state index in [1.807, 2.05) is 39.0 Å². The van der Waals surface area contributed by atoms with Gasteiger partial charge in [0.2, 0.25) is 15.9 Å². The highest BCUT2D eigenvalue weighted by molar-refractivity contribution is 7.89. The molecule has 186 valence electrons. The first-order valence-corrected chi connectivity index (χ1v) is 13.1. The Morgan fingerprint density at radius 3 is 2.26 bits per heavy atom. The minimum absolute atomic E-state index is 0.0709. The van der Waals surface area contributed by atoms with E-state index < -0.39 is 10.0 Å². The number of carbonyl (C=O) groups excluding carboxylic acids is 1. The van der Waals surface area contributed by atoms with Crippen molar-refractivity contribution in [1.29, 1.82) is 0 Å². The first-order chi connectivity index (χ1) is 16.3. The summed E-state index contributed by atoms with van der Waals surface area (Å²) < 4.78 is 43.8. The maximum Gasteiger partial charge on any atom is 0.243 e. The monoisotopic (exact) mass is 490 g/mol. The number of methoxy groups -OCH3 is 1. The highest BCUT2D eigenvalue weighted by Crippen LogP contribution is 2.31. The molecule has 0 radical (unpaired) electrons. The zero-order chi connectivity index (χ0) is 24.7. The van der Waals surface area contributed by atoms with E-state index in [0.717, 1.165) is 5.56 Å². The lowest BCUT2D eigenvalue weighted by Crippen LogP contribution is -2.43. The molecule has 0 aromatic heterocycles. The molecule has 1 heterocycles. The molecule has 0 spiro atoms. The predicted molar refractivity (Wildman–Crippen MR) is 130 cm³/mol. The number of ether oxygens (including phenoxy) is 3. The molecule has 9 heteroatoms. The molecule has 2 aromatic carbocycles. The predicted octanol–water partition coefficient (Wildman–Crippen LogP) is 3.77. The molecular formula is C25H34N2O6S. The van der Waals surface area contributed by atoms with Crippen molar-refractivity contribution in [3.8, 4) is 17.2 Å². The molecular weight excluding hydrogens is 456 g/mol. The van der Waals surface area contributed by atoms with Crippen molar-refractivity contribution in [1.82, 2.24) is 9.62 Å². The van der Waals surface area contributed by atoms with Crippen molar-refractivity contribution >= 4 is 15.9 Å². The van der Waals surface area contributed by atoms with Crippen molar-refractivity contribution in [2.45, 2.75) is 44.6 Å². The Labute approximate surface area is 202 Å². The molecule has 1 N–H and O–H groups in total. The Morgan fingerprint density at radius 2 is 1.68 bits per heavy atom. The fraction of sp³-hybridized carbons (Fsp3) is 0.480. The van der Waals surface area contributed by atoms with E-state index in [4.69, 9.17) is 14.2 Å². The van der Waals surface area contributed by atoms with Crippen LogP contribution in [0.1, 0.15) is 45.2 Å². The number of nitrogens with zero attached hydrogens (tertiary/aromatic N) is 1. The van der Waals surface area contributed by atoms with Crippen LogP contribution in [-0.2, 0) is 14.8 Å². The number of nitrogens with one attached hydrogen (secondary N) is 1. The van der Waals surface area contributed by atoms with Crippen molar-refractivity contribution in [3.63, 3.8) is 0 Å². The number of rotatable bonds is 10. The van der Waals surface area contributed by atoms with Crippen molar-refractivity contribution in [2.24, 2.45) is 5.92 Å². The summed E-state index contributed by atoms with van der Waals surface area (Å²) in [4.78, 5) is 13.1. The highest BCUT2D eigenvalue weighted by Gasteiger charge is 2.32. The molecule has 1 saturated heterocycles. The fourth-order valence-corrected chi connectivity index (χ4v) is 5.49. The van der Waals surface area contributed by atoms with Gasteiger partial charge in [-0.25, -0.2) is 8.42 Å². The minimum atomic E-state index is -3.61. The van der Waals surface area contributed by atoms with E-state index in [-0.39, 0.29) is 22.8 Å². The Balaban J connectivity index is 1.58. The number of piperidine rings is 1. The molecule has 1 aliphatic heterocycles. The Kier molecular flexibility index (Phi) is 8.79. The summed E-state index contributed by atoms with van der Waals surface area (Å²) in [6, 6.07) is 11.8. The van der Waals surface area contributed by atoms with Crippen LogP contribution < -0.4 is 19.5 Å². The third-order valence-corrected chi connectivity index (χ3v) is 7.86. The third kappa shape index (κ3) is 6.01. The first kappa shape index (κ1) is 25.8. The Bertz CT molecular complexity index is 1060. The van der Waals surface area contributed by atoms with Gasteiger partial charge in [-0.2, -0.15) is 4.31 Å². The molecule has 1 unspecified atom stereocenters. The van der Waals surface area contributed by atoms with E-state index in [9.17, 15) is 13.2 Å². The molecule has 1 atom stereocenters. The maximum absolute atomic E-state index is 13.0. The summed E-state index contributed by atoms with van der Waals surface area (Å²) >= 11 is 0. The molecule has 34 heavy (non-hydrogen) atoms. The summed E-state index contributed by atoms with van der Waals surface area (Å²) in [5.41, 5.74) is 0.907. The Hall–Kier alpha value is -2.78. The standard InChI is InChI=1S/C25H34N2O6S/c1-5-32-21-8-10-22(11-9-21)34(29,30)27-15-13-19(14-16-27)25(28)26-18(3)20-7-12-23(33-6-2)24(17-20)31-4/h7-12,17-19H,5-6,13-16H2,1-4H3,(H,26,28). The average molecular weight is 491 g/mol. The lowest BCUT2D eigenvalue weighted by Gasteiger charge is -2.31. The van der Waals surface area contributed by atoms with E-state index >= 15 is 0 Å². The highest BCUT2D eigenvalue weighted by atomic mass is 32.2. The Morgan fingerprint density at radius 1 is 1.03 bits per heavy atom. The molecule has 3 rings (SSSR count). The molecule has 8 nitrogen and oxygen atoms in total. The smallest absolute Gasteiger partial charge is 0.243 e. The van der Waals surface area contributed by atoms with Gasteiger partial charge >= 0.3 is 0 Å². The van der Waals surface area contributed by atoms with Gasteiger partial charge in [0.05, 0.1) is 31.3 Å². The zero-order valence-electron chi connectivity index (χ0n) is 20.2. The number of hydrogen-bond donors (Lipinski definition) is 1. The van der Waals surface area contributed by atoms with E-state index in [0.29, 0.717) is 56.4 Å². The van der Waals surface area contributed by atoms with Gasteiger partial charge in [0.1, 0.15) is 5.75 Å². The summed E-state index contributed by atoms with van der Waals surface area (Å²) in [7, 11) is -2.02. The van der Waals surface area contributed by atoms with Gasteiger partial charge < -0.3 is 19.5 Å². The van der Waals surface area contributed by atoms with Gasteiger partial charge in [-0.3, -0.25) is 4.79 Å². The molecule has 2 aromatic rings. The SMILES string of the molecule is CCOc1ccc(S(=O)(=O)N2CCC(C(=O)NC(C)c3ccc(OCC)c(OC)c3)CC2)cc1. The molecule has 1 amide bonds. The number of carbonyl (C=O) groups is 1. The topological polar surface area (TPSA) is 94.2 Å². The summed E-state index contributed by atoms with van der Waals surface area (Å²) in [5.74, 6) is 1.61. The fourth-order valence-electron chi connectivity index (χ4n) is 4.02. The largest absolute Gasteiger partial charge is 0.494 e. The molecule has 0 bridgehead atoms. The van der Waals surface area contributed by atoms with Gasteiger partial charge in [-0.05, 0) is 75.6 Å². The minimum Gasteiger partial charge on any atom is -0.494 e. The van der Waals surface area contributed by atoms with Crippen LogP contribution in [0.15, 0.2) is 47.4 Å². The van der Waals surface area contributed by atoms with Crippen LogP contribution in [0, 0.1) is 5.92 Å². The van der Waals surface area contributed by atoms with Gasteiger partial charge in [0, 0.05) is 19.0 Å². The molecule has 0 aliphatic carbocycles. The second-order valence-corrected chi connectivity index (χ2v) is 10.1. The molecule has 0 saturated carbocycles. The van der Waals surface area contributed by atoms with Crippen LogP contribution in [0.5, 0.6) is 17.2 Å². The molecule has 1 aliphatic rings. The van der Waals surface area contributed by atoms with Gasteiger partial charge in [0.25, 0.3) is 0 Å². The lowest BCUT2D eigenvalue weighted by atomic mass is 9.96. The van der Waals surface area contributed by atoms with Crippen molar-refractivity contribution < 1.29 is 27.4 Å². The van der Waals surface area contributed by atoms with Crippen LogP contribution in [0.4, 0.5) is 0 Å². The van der Waals surface area contributed by atoms with E-state index in [1.54, 1.807) is 31.4 Å². The quantitative estimate of drug-likeness (QED) is 0.545. The second-order valence-electron chi connectivity index (χ2n) is 8.16. The van der Waals surface area contributed by atoms with Crippen molar-refractivity contribution in [3.05, 3.63) is 48.0 Å². The van der Waals surface area contributed by atoms with Gasteiger partial charge in [-0.1, -0.05) is 6.07 Å². The number of amides is 1. The van der Waals surface area contributed by atoms with Gasteiger partial charge in [-0.15, -0.1) is 0 Å². The average Bonchev–Trinajstić information content (AvgIpc) is 2.85. The molecule has 1 fully saturated rings. The van der Waals surface area contributed by atoms with Crippen molar-refractivity contribution in [2.75, 3.05) is 33.4 Å². The first-order valence-electron chi connectivity index (χ1n) is 11.6. The van der Waals surface area contributed by atoms with Crippen LogP contribution in [-0.4, -0.2) is 52.0 Å². The van der Waals surface area contributed by atoms with Crippen LogP contribution >= 0.6 is 0 Å². The lowest BCUT2D eigenvalue weighted by molar-refractivity contribution is -0.126. The van der Waals surface area contributed by atoms with E-state index in [2.05, 4.69) is 5.32 Å². The number of benzene rings is 2. The summed E-state index contributed by atoms with van der Waals surface area (Å²) in [5, 5.41) is 3.05. The normalized spacial score (nSPS) is 16.0. The van der Waals surface area contributed by atoms with Crippen LogP contribution in [0.25, 0.3) is 0 Å². The third-order valence-electron chi connectivity index (χ3n) is 5.94. The maximum atomic E-state index is 13.0. The summed E-state index contributed by atoms with van der Waals surface area (Å²) in [6.45, 7) is 7.36. The van der Waals surface area contributed by atoms with Crippen LogP contribution in [0.2, 0.25) is 0 Å². The van der Waals surface area contributed by atoms with Gasteiger partial charge in [0.15, 0.2) is 11.5 Å². The van der Waals surface area contributed by atoms with E-state index in [1.165, 1.54) is 4.31 Å². The van der Waals surface area contributed by atoms with Crippen LogP contribution in [0.3, 0.4) is 0 Å². The number of hydrogen-bond acceptors (Lipinski definition) is 6.